The molecule has 0 aliphatic rings. The molecule has 2 nitrogen and oxygen atoms in total. The number of aliphatic hydroxyl groups is 1. The molecule has 1 N–H and O–H groups in total. The zero-order valence-electron chi connectivity index (χ0n) is 7.71. The van der Waals surface area contributed by atoms with Crippen molar-refractivity contribution in [1.29, 1.82) is 0 Å². The lowest BCUT2D eigenvalue weighted by Gasteiger charge is -2.03. The number of rotatable bonds is 3. The summed E-state index contributed by atoms with van der Waals surface area (Å²) in [6.07, 6.45) is 3.51. The molecule has 2 heterocycles. The highest BCUT2D eigenvalue weighted by Crippen LogP contribution is 2.18. The van der Waals surface area contributed by atoms with Crippen LogP contribution in [0.15, 0.2) is 48.1 Å². The van der Waals surface area contributed by atoms with Crippen molar-refractivity contribution in [2.45, 2.75) is 12.6 Å². The van der Waals surface area contributed by atoms with Crippen LogP contribution in [0.5, 0.6) is 0 Å². The van der Waals surface area contributed by atoms with E-state index in [0.29, 0.717) is 6.54 Å². The molecule has 1 atom stereocenters. The summed E-state index contributed by atoms with van der Waals surface area (Å²) in [7, 11) is 0. The smallest absolute Gasteiger partial charge is 0.179 e. The van der Waals surface area contributed by atoms with Gasteiger partial charge in [0.05, 0.1) is 0 Å². The molecule has 0 saturated heterocycles. The molecule has 0 aliphatic carbocycles. The highest BCUT2D eigenvalue weighted by Gasteiger charge is 2.13. The van der Waals surface area contributed by atoms with E-state index >= 15 is 0 Å². The average molecular weight is 206 g/mol. The molecule has 3 heteroatoms. The maximum absolute atomic E-state index is 9.85. The van der Waals surface area contributed by atoms with E-state index < -0.39 is 6.10 Å². The molecule has 72 valence electrons. The SMILES string of the molecule is OC(C[n+]1ccccc1)c1cccs1. The van der Waals surface area contributed by atoms with Crippen molar-refractivity contribution in [1.82, 2.24) is 0 Å². The van der Waals surface area contributed by atoms with Crippen LogP contribution in [0.3, 0.4) is 0 Å². The molecule has 0 aromatic carbocycles. The fourth-order valence-electron chi connectivity index (χ4n) is 1.33. The lowest BCUT2D eigenvalue weighted by Crippen LogP contribution is -2.35. The average Bonchev–Trinajstić information content (AvgIpc) is 2.72. The summed E-state index contributed by atoms with van der Waals surface area (Å²) in [6.45, 7) is 0.612. The molecule has 0 fully saturated rings. The lowest BCUT2D eigenvalue weighted by atomic mass is 10.3. The van der Waals surface area contributed by atoms with E-state index in [4.69, 9.17) is 0 Å². The Hall–Kier alpha value is -1.19. The van der Waals surface area contributed by atoms with Gasteiger partial charge in [0, 0.05) is 17.0 Å². The van der Waals surface area contributed by atoms with E-state index in [0.717, 1.165) is 4.88 Å². The number of hydrogen-bond donors (Lipinski definition) is 1. The molecule has 0 radical (unpaired) electrons. The lowest BCUT2D eigenvalue weighted by molar-refractivity contribution is -0.704. The van der Waals surface area contributed by atoms with Gasteiger partial charge in [-0.1, -0.05) is 12.1 Å². The number of thiophene rings is 1. The first-order chi connectivity index (χ1) is 6.86. The van der Waals surface area contributed by atoms with Gasteiger partial charge >= 0.3 is 0 Å². The molecule has 2 aromatic rings. The third-order valence-electron chi connectivity index (χ3n) is 2.03. The molecule has 0 spiro atoms. The van der Waals surface area contributed by atoms with Gasteiger partial charge < -0.3 is 5.11 Å². The largest absolute Gasteiger partial charge is 0.381 e. The summed E-state index contributed by atoms with van der Waals surface area (Å²) in [5, 5.41) is 11.8. The molecule has 1 unspecified atom stereocenters. The molecule has 2 aromatic heterocycles. The van der Waals surface area contributed by atoms with Gasteiger partial charge in [-0.05, 0) is 11.4 Å². The minimum atomic E-state index is -0.401. The first-order valence-electron chi connectivity index (χ1n) is 4.52. The fraction of sp³-hybridized carbons (Fsp3) is 0.182. The fourth-order valence-corrected chi connectivity index (χ4v) is 2.03. The number of aromatic nitrogens is 1. The third kappa shape index (κ3) is 2.19. The van der Waals surface area contributed by atoms with Crippen LogP contribution in [0.25, 0.3) is 0 Å². The second-order valence-electron chi connectivity index (χ2n) is 3.10. The van der Waals surface area contributed by atoms with Crippen molar-refractivity contribution in [3.05, 3.63) is 53.0 Å². The summed E-state index contributed by atoms with van der Waals surface area (Å²) in [5.41, 5.74) is 0. The Kier molecular flexibility index (Phi) is 2.91. The van der Waals surface area contributed by atoms with Crippen molar-refractivity contribution >= 4 is 11.3 Å². The van der Waals surface area contributed by atoms with Gasteiger partial charge in [-0.2, -0.15) is 0 Å². The van der Waals surface area contributed by atoms with Crippen LogP contribution in [0.2, 0.25) is 0 Å². The topological polar surface area (TPSA) is 24.1 Å². The maximum atomic E-state index is 9.85. The Balaban J connectivity index is 2.06. The van der Waals surface area contributed by atoms with E-state index in [9.17, 15) is 5.11 Å². The second kappa shape index (κ2) is 4.35. The molecular weight excluding hydrogens is 194 g/mol. The normalized spacial score (nSPS) is 12.6. The molecule has 2 rings (SSSR count). The Morgan fingerprint density at radius 3 is 2.64 bits per heavy atom. The molecule has 0 bridgehead atoms. The third-order valence-corrected chi connectivity index (χ3v) is 3.01. The van der Waals surface area contributed by atoms with E-state index in [1.165, 1.54) is 0 Å². The summed E-state index contributed by atoms with van der Waals surface area (Å²) in [5.74, 6) is 0. The number of aliphatic hydroxyl groups excluding tert-OH is 1. The van der Waals surface area contributed by atoms with Gasteiger partial charge in [0.15, 0.2) is 18.9 Å². The highest BCUT2D eigenvalue weighted by molar-refractivity contribution is 7.10. The molecule has 14 heavy (non-hydrogen) atoms. The Bertz CT molecular complexity index is 371. The van der Waals surface area contributed by atoms with Crippen LogP contribution in [-0.2, 0) is 6.54 Å². The van der Waals surface area contributed by atoms with Gasteiger partial charge in [-0.25, -0.2) is 4.57 Å². The highest BCUT2D eigenvalue weighted by atomic mass is 32.1. The van der Waals surface area contributed by atoms with Crippen LogP contribution >= 0.6 is 11.3 Å². The quantitative estimate of drug-likeness (QED) is 0.760. The van der Waals surface area contributed by atoms with Crippen molar-refractivity contribution < 1.29 is 9.67 Å². The van der Waals surface area contributed by atoms with E-state index in [-0.39, 0.29) is 0 Å². The van der Waals surface area contributed by atoms with Gasteiger partial charge in [0.25, 0.3) is 0 Å². The van der Waals surface area contributed by atoms with Gasteiger partial charge in [-0.3, -0.25) is 0 Å². The molecular formula is C11H12NOS+. The van der Waals surface area contributed by atoms with Crippen LogP contribution < -0.4 is 4.57 Å². The van der Waals surface area contributed by atoms with Crippen LogP contribution in [-0.4, -0.2) is 5.11 Å². The zero-order valence-corrected chi connectivity index (χ0v) is 8.52. The van der Waals surface area contributed by atoms with Gasteiger partial charge in [0.1, 0.15) is 6.10 Å². The summed E-state index contributed by atoms with van der Waals surface area (Å²) in [6, 6.07) is 9.80. The first kappa shape index (κ1) is 9.37. The van der Waals surface area contributed by atoms with E-state index in [1.54, 1.807) is 11.3 Å². The first-order valence-corrected chi connectivity index (χ1v) is 5.40. The Morgan fingerprint density at radius 1 is 1.21 bits per heavy atom. The number of hydrogen-bond acceptors (Lipinski definition) is 2. The van der Waals surface area contributed by atoms with E-state index in [1.807, 2.05) is 52.7 Å². The maximum Gasteiger partial charge on any atom is 0.179 e. The molecule has 0 saturated carbocycles. The summed E-state index contributed by atoms with van der Waals surface area (Å²) < 4.78 is 1.98. The standard InChI is InChI=1S/C11H12NOS/c13-10(11-5-4-8-14-11)9-12-6-2-1-3-7-12/h1-8,10,13H,9H2/q+1. The zero-order chi connectivity index (χ0) is 9.80. The molecule has 0 aliphatic heterocycles. The summed E-state index contributed by atoms with van der Waals surface area (Å²) in [4.78, 5) is 1.02. The van der Waals surface area contributed by atoms with Crippen molar-refractivity contribution in [2.75, 3.05) is 0 Å². The Labute approximate surface area is 87.1 Å². The van der Waals surface area contributed by atoms with Crippen LogP contribution in [0, 0.1) is 0 Å². The Morgan fingerprint density at radius 2 is 2.00 bits per heavy atom. The number of nitrogens with zero attached hydrogens (tertiary/aromatic N) is 1. The predicted molar refractivity (Wildman–Crippen MR) is 55.9 cm³/mol. The van der Waals surface area contributed by atoms with Crippen molar-refractivity contribution in [2.24, 2.45) is 0 Å². The minimum absolute atomic E-state index is 0.401. The van der Waals surface area contributed by atoms with Crippen LogP contribution in [0.4, 0.5) is 0 Å². The van der Waals surface area contributed by atoms with Gasteiger partial charge in [0.2, 0.25) is 0 Å². The van der Waals surface area contributed by atoms with Gasteiger partial charge in [-0.15, -0.1) is 11.3 Å². The predicted octanol–water partition coefficient (Wildman–Crippen LogP) is 1.77. The van der Waals surface area contributed by atoms with Crippen LogP contribution in [0.1, 0.15) is 11.0 Å². The second-order valence-corrected chi connectivity index (χ2v) is 4.08. The summed E-state index contributed by atoms with van der Waals surface area (Å²) >= 11 is 1.59. The monoisotopic (exact) mass is 206 g/mol. The minimum Gasteiger partial charge on any atom is -0.381 e. The van der Waals surface area contributed by atoms with Crippen molar-refractivity contribution in [3.8, 4) is 0 Å². The number of pyridine rings is 1. The van der Waals surface area contributed by atoms with Crippen molar-refractivity contribution in [3.63, 3.8) is 0 Å². The van der Waals surface area contributed by atoms with E-state index in [2.05, 4.69) is 0 Å². The molecule has 0 amide bonds.